The van der Waals surface area contributed by atoms with E-state index in [1.807, 2.05) is 41.4 Å². The molecule has 2 aliphatic rings. The van der Waals surface area contributed by atoms with Crippen molar-refractivity contribution in [3.8, 4) is 23.0 Å². The van der Waals surface area contributed by atoms with Crippen molar-refractivity contribution >= 4 is 44.8 Å². The first-order valence-corrected chi connectivity index (χ1v) is 11.7. The third kappa shape index (κ3) is 3.88. The molecule has 2 aliphatic heterocycles. The number of ether oxygens (including phenoxy) is 3. The molecule has 170 valence electrons. The molecule has 5 rings (SSSR count). The van der Waals surface area contributed by atoms with Crippen LogP contribution in [0.15, 0.2) is 58.1 Å². The van der Waals surface area contributed by atoms with Crippen LogP contribution in [0.3, 0.4) is 0 Å². The van der Waals surface area contributed by atoms with Gasteiger partial charge in [-0.15, -0.1) is 0 Å². The molecule has 3 aromatic carbocycles. The molecule has 0 bridgehead atoms. The second-order valence-corrected chi connectivity index (χ2v) is 9.45. The minimum Gasteiger partial charge on any atom is -0.506 e. The van der Waals surface area contributed by atoms with Gasteiger partial charge in [0.05, 0.1) is 36.6 Å². The van der Waals surface area contributed by atoms with E-state index < -0.39 is 6.23 Å². The van der Waals surface area contributed by atoms with Crippen LogP contribution in [0.4, 0.5) is 0 Å². The van der Waals surface area contributed by atoms with Crippen LogP contribution < -0.4 is 14.2 Å². The molecule has 0 aliphatic carbocycles. The predicted octanol–water partition coefficient (Wildman–Crippen LogP) is 6.72. The maximum Gasteiger partial charge on any atom is 0.217 e. The first-order chi connectivity index (χ1) is 15.9. The zero-order valence-corrected chi connectivity index (χ0v) is 20.8. The molecule has 2 unspecified atom stereocenters. The molecule has 33 heavy (non-hydrogen) atoms. The molecule has 0 fully saturated rings. The van der Waals surface area contributed by atoms with Crippen LogP contribution in [0, 0.1) is 0 Å². The Morgan fingerprint density at radius 1 is 1.03 bits per heavy atom. The zero-order valence-electron chi connectivity index (χ0n) is 17.7. The van der Waals surface area contributed by atoms with E-state index in [1.54, 1.807) is 20.3 Å². The van der Waals surface area contributed by atoms with Crippen molar-refractivity contribution in [2.75, 3.05) is 14.2 Å². The Bertz CT molecular complexity index is 1280. The highest BCUT2D eigenvalue weighted by Crippen LogP contribution is 2.50. The van der Waals surface area contributed by atoms with Gasteiger partial charge in [-0.3, -0.25) is 0 Å². The molecule has 0 saturated heterocycles. The molecular weight excluding hydrogens is 531 g/mol. The van der Waals surface area contributed by atoms with Crippen molar-refractivity contribution in [2.45, 2.75) is 18.7 Å². The quantitative estimate of drug-likeness (QED) is 0.391. The first kappa shape index (κ1) is 22.2. The van der Waals surface area contributed by atoms with Crippen LogP contribution in [0.25, 0.3) is 0 Å². The Morgan fingerprint density at radius 2 is 1.82 bits per heavy atom. The van der Waals surface area contributed by atoms with Crippen molar-refractivity contribution in [2.24, 2.45) is 5.10 Å². The fourth-order valence-corrected chi connectivity index (χ4v) is 5.12. The third-order valence-electron chi connectivity index (χ3n) is 5.79. The van der Waals surface area contributed by atoms with Gasteiger partial charge in [0.15, 0.2) is 11.5 Å². The first-order valence-electron chi connectivity index (χ1n) is 10.1. The van der Waals surface area contributed by atoms with E-state index in [4.69, 9.17) is 42.5 Å². The number of methoxy groups -OCH3 is 2. The van der Waals surface area contributed by atoms with Crippen LogP contribution in [-0.2, 0) is 0 Å². The molecule has 2 heterocycles. The fourth-order valence-electron chi connectivity index (χ4n) is 4.23. The average Bonchev–Trinajstić information content (AvgIpc) is 3.26. The van der Waals surface area contributed by atoms with Gasteiger partial charge >= 0.3 is 0 Å². The number of hydrogen-bond donors (Lipinski definition) is 1. The van der Waals surface area contributed by atoms with Gasteiger partial charge < -0.3 is 19.3 Å². The van der Waals surface area contributed by atoms with Crippen molar-refractivity contribution < 1.29 is 19.3 Å². The lowest BCUT2D eigenvalue weighted by molar-refractivity contribution is -0.0203. The second-order valence-electron chi connectivity index (χ2n) is 7.69. The Hall–Kier alpha value is -2.61. The third-order valence-corrected chi connectivity index (χ3v) is 6.79. The summed E-state index contributed by atoms with van der Waals surface area (Å²) in [4.78, 5) is 0. The smallest absolute Gasteiger partial charge is 0.217 e. The average molecular weight is 550 g/mol. The number of phenolic OH excluding ortho intramolecular Hbond substituents is 1. The van der Waals surface area contributed by atoms with Crippen LogP contribution in [0.5, 0.6) is 23.0 Å². The van der Waals surface area contributed by atoms with Gasteiger partial charge in [0.2, 0.25) is 6.23 Å². The number of halogens is 3. The molecule has 0 amide bonds. The van der Waals surface area contributed by atoms with E-state index in [2.05, 4.69) is 15.9 Å². The van der Waals surface area contributed by atoms with Crippen molar-refractivity contribution in [3.05, 3.63) is 79.7 Å². The molecule has 0 aromatic heterocycles. The monoisotopic (exact) mass is 548 g/mol. The summed E-state index contributed by atoms with van der Waals surface area (Å²) in [7, 11) is 3.20. The summed E-state index contributed by atoms with van der Waals surface area (Å²) in [6, 6.07) is 14.6. The number of aromatic hydroxyl groups is 1. The summed E-state index contributed by atoms with van der Waals surface area (Å²) >= 11 is 16.0. The van der Waals surface area contributed by atoms with Gasteiger partial charge in [0.1, 0.15) is 11.5 Å². The number of hydrogen-bond acceptors (Lipinski definition) is 6. The Kier molecular flexibility index (Phi) is 5.80. The lowest BCUT2D eigenvalue weighted by Gasteiger charge is -2.38. The minimum absolute atomic E-state index is 0.0832. The number of phenols is 1. The van der Waals surface area contributed by atoms with Gasteiger partial charge in [0, 0.05) is 27.0 Å². The van der Waals surface area contributed by atoms with Crippen molar-refractivity contribution in [3.63, 3.8) is 0 Å². The van der Waals surface area contributed by atoms with Crippen molar-refractivity contribution in [1.82, 2.24) is 5.01 Å². The number of benzene rings is 3. The summed E-state index contributed by atoms with van der Waals surface area (Å²) in [6.45, 7) is 0. The maximum absolute atomic E-state index is 10.7. The lowest BCUT2D eigenvalue weighted by atomic mass is 9.95. The number of nitrogens with zero attached hydrogens (tertiary/aromatic N) is 2. The van der Waals surface area contributed by atoms with E-state index >= 15 is 0 Å². The van der Waals surface area contributed by atoms with E-state index in [-0.39, 0.29) is 16.8 Å². The van der Waals surface area contributed by atoms with Gasteiger partial charge in [-0.05, 0) is 48.5 Å². The molecule has 0 spiro atoms. The SMILES string of the molecule is COc1ccc(C2=NN3C(C2)c2cc(Br)ccc2OC3c2cc(Cl)cc(Cl)c2O)cc1OC. The zero-order chi connectivity index (χ0) is 23.3. The summed E-state index contributed by atoms with van der Waals surface area (Å²) in [6.07, 6.45) is -0.0778. The fraction of sp³-hybridized carbons (Fsp3) is 0.208. The minimum atomic E-state index is -0.711. The Morgan fingerprint density at radius 3 is 2.58 bits per heavy atom. The molecule has 2 atom stereocenters. The Balaban J connectivity index is 1.63. The highest BCUT2D eigenvalue weighted by molar-refractivity contribution is 9.10. The predicted molar refractivity (Wildman–Crippen MR) is 131 cm³/mol. The highest BCUT2D eigenvalue weighted by Gasteiger charge is 2.42. The van der Waals surface area contributed by atoms with Crippen LogP contribution >= 0.6 is 39.1 Å². The van der Waals surface area contributed by atoms with Gasteiger partial charge in [-0.25, -0.2) is 5.01 Å². The summed E-state index contributed by atoms with van der Waals surface area (Å²) in [5.74, 6) is 1.90. The van der Waals surface area contributed by atoms with Gasteiger partial charge in [-0.2, -0.15) is 5.10 Å². The van der Waals surface area contributed by atoms with E-state index in [0.717, 1.165) is 21.3 Å². The maximum atomic E-state index is 10.7. The largest absolute Gasteiger partial charge is 0.506 e. The van der Waals surface area contributed by atoms with Gasteiger partial charge in [0.25, 0.3) is 0 Å². The van der Waals surface area contributed by atoms with Crippen LogP contribution in [-0.4, -0.2) is 30.0 Å². The topological polar surface area (TPSA) is 63.5 Å². The summed E-state index contributed by atoms with van der Waals surface area (Å²) < 4.78 is 18.1. The molecular formula is C24H19BrCl2N2O4. The molecule has 0 saturated carbocycles. The highest BCUT2D eigenvalue weighted by atomic mass is 79.9. The van der Waals surface area contributed by atoms with Crippen LogP contribution in [0.2, 0.25) is 10.0 Å². The Labute approximate surface area is 209 Å². The molecule has 3 aromatic rings. The van der Waals surface area contributed by atoms with Gasteiger partial charge in [-0.1, -0.05) is 39.1 Å². The number of hydrazone groups is 1. The second kappa shape index (κ2) is 8.63. The number of fused-ring (bicyclic) bond motifs is 3. The summed E-state index contributed by atoms with van der Waals surface area (Å²) in [5, 5.41) is 18.0. The number of rotatable bonds is 4. The molecule has 0 radical (unpaired) electrons. The van der Waals surface area contributed by atoms with Crippen molar-refractivity contribution in [1.29, 1.82) is 0 Å². The molecule has 6 nitrogen and oxygen atoms in total. The van der Waals surface area contributed by atoms with E-state index in [9.17, 15) is 5.11 Å². The van der Waals surface area contributed by atoms with E-state index in [1.165, 1.54) is 6.07 Å². The normalized spacial score (nSPS) is 18.8. The lowest BCUT2D eigenvalue weighted by Crippen LogP contribution is -2.33. The summed E-state index contributed by atoms with van der Waals surface area (Å²) in [5.41, 5.74) is 3.21. The van der Waals surface area contributed by atoms with Crippen LogP contribution in [0.1, 0.15) is 35.4 Å². The molecule has 9 heteroatoms. The standard InChI is InChI=1S/C24H19BrCl2N2O4/c1-31-21-5-3-12(7-22(21)32-2)18-11-19-15-8-13(25)4-6-20(15)33-24(29(19)28-18)16-9-14(26)10-17(27)23(16)30/h3-10,19,24,30H,11H2,1-2H3. The molecule has 1 N–H and O–H groups in total. The van der Waals surface area contributed by atoms with E-state index in [0.29, 0.717) is 34.3 Å².